The fourth-order valence-electron chi connectivity index (χ4n) is 3.17. The number of aliphatic hydroxyl groups excluding tert-OH is 1. The van der Waals surface area contributed by atoms with E-state index in [9.17, 15) is 5.11 Å². The van der Waals surface area contributed by atoms with Crippen molar-refractivity contribution in [1.82, 2.24) is 15.1 Å². The quantitative estimate of drug-likeness (QED) is 0.842. The summed E-state index contributed by atoms with van der Waals surface area (Å²) in [6.07, 6.45) is 4.62. The number of nitrogens with one attached hydrogen (secondary N) is 1. The van der Waals surface area contributed by atoms with Crippen LogP contribution >= 0.6 is 0 Å². The van der Waals surface area contributed by atoms with Gasteiger partial charge in [-0.1, -0.05) is 13.3 Å². The van der Waals surface area contributed by atoms with Gasteiger partial charge in [0.1, 0.15) is 0 Å². The molecule has 1 atom stereocenters. The molecule has 1 aliphatic heterocycles. The molecular weight excluding hydrogens is 226 g/mol. The molecule has 0 amide bonds. The largest absolute Gasteiger partial charge is 0.396 e. The lowest BCUT2D eigenvalue weighted by Crippen LogP contribution is -2.44. The molecule has 1 saturated heterocycles. The van der Waals surface area contributed by atoms with Gasteiger partial charge in [-0.15, -0.1) is 0 Å². The number of nitrogens with zero attached hydrogens (tertiary/aromatic N) is 2. The van der Waals surface area contributed by atoms with E-state index in [0.717, 1.165) is 50.3 Å². The Labute approximate surface area is 109 Å². The highest BCUT2D eigenvalue weighted by Gasteiger charge is 2.34. The standard InChI is InChI=1S/C14H25N3O/c1-3-5-14(11-18)6-4-7-17(10-14)9-13-8-12(2)15-16-13/h8,18H,3-7,9-11H2,1-2H3,(H,15,16)/t14-/m0/s1. The Hall–Kier alpha value is -0.870. The topological polar surface area (TPSA) is 52.1 Å². The van der Waals surface area contributed by atoms with Crippen LogP contribution in [0.1, 0.15) is 44.0 Å². The Kier molecular flexibility index (Phi) is 4.40. The number of aromatic nitrogens is 2. The van der Waals surface area contributed by atoms with E-state index < -0.39 is 0 Å². The summed E-state index contributed by atoms with van der Waals surface area (Å²) in [6, 6.07) is 2.11. The molecule has 0 saturated carbocycles. The second kappa shape index (κ2) is 5.85. The van der Waals surface area contributed by atoms with E-state index in [4.69, 9.17) is 0 Å². The van der Waals surface area contributed by atoms with Gasteiger partial charge in [0, 0.05) is 30.8 Å². The molecule has 102 valence electrons. The molecule has 1 aromatic heterocycles. The summed E-state index contributed by atoms with van der Waals surface area (Å²) in [4.78, 5) is 2.44. The predicted octanol–water partition coefficient (Wildman–Crippen LogP) is 2.09. The average molecular weight is 251 g/mol. The molecule has 0 aliphatic carbocycles. The third-order valence-electron chi connectivity index (χ3n) is 4.00. The second-order valence-electron chi connectivity index (χ2n) is 5.76. The number of rotatable bonds is 5. The minimum Gasteiger partial charge on any atom is -0.396 e. The van der Waals surface area contributed by atoms with Gasteiger partial charge in [0.15, 0.2) is 0 Å². The van der Waals surface area contributed by atoms with Crippen LogP contribution in [0.5, 0.6) is 0 Å². The first-order valence-electron chi connectivity index (χ1n) is 7.01. The summed E-state index contributed by atoms with van der Waals surface area (Å²) >= 11 is 0. The van der Waals surface area contributed by atoms with Gasteiger partial charge in [0.2, 0.25) is 0 Å². The molecule has 1 fully saturated rings. The van der Waals surface area contributed by atoms with Crippen molar-refractivity contribution in [3.8, 4) is 0 Å². The molecule has 0 bridgehead atoms. The monoisotopic (exact) mass is 251 g/mol. The molecule has 18 heavy (non-hydrogen) atoms. The van der Waals surface area contributed by atoms with Gasteiger partial charge in [0.05, 0.1) is 5.69 Å². The zero-order valence-corrected chi connectivity index (χ0v) is 11.6. The molecule has 1 aliphatic rings. The van der Waals surface area contributed by atoms with Gasteiger partial charge in [0.25, 0.3) is 0 Å². The van der Waals surface area contributed by atoms with Crippen LogP contribution in [0.25, 0.3) is 0 Å². The highest BCUT2D eigenvalue weighted by atomic mass is 16.3. The minimum absolute atomic E-state index is 0.123. The van der Waals surface area contributed by atoms with E-state index >= 15 is 0 Å². The predicted molar refractivity (Wildman–Crippen MR) is 72.3 cm³/mol. The van der Waals surface area contributed by atoms with Crippen molar-refractivity contribution in [3.63, 3.8) is 0 Å². The highest BCUT2D eigenvalue weighted by Crippen LogP contribution is 2.34. The molecule has 4 heteroatoms. The Morgan fingerprint density at radius 2 is 2.39 bits per heavy atom. The minimum atomic E-state index is 0.123. The molecule has 0 radical (unpaired) electrons. The van der Waals surface area contributed by atoms with Crippen LogP contribution in [0, 0.1) is 12.3 Å². The number of aliphatic hydroxyl groups is 1. The van der Waals surface area contributed by atoms with E-state index in [1.54, 1.807) is 0 Å². The lowest BCUT2D eigenvalue weighted by Gasteiger charge is -2.41. The number of aryl methyl sites for hydroxylation is 1. The zero-order chi connectivity index (χ0) is 13.0. The molecule has 2 rings (SSSR count). The van der Waals surface area contributed by atoms with Crippen molar-refractivity contribution in [2.24, 2.45) is 5.41 Å². The van der Waals surface area contributed by atoms with Gasteiger partial charge >= 0.3 is 0 Å². The van der Waals surface area contributed by atoms with Crippen molar-refractivity contribution in [3.05, 3.63) is 17.5 Å². The van der Waals surface area contributed by atoms with E-state index in [1.807, 2.05) is 6.92 Å². The number of H-pyrrole nitrogens is 1. The number of piperidine rings is 1. The highest BCUT2D eigenvalue weighted by molar-refractivity contribution is 5.06. The maximum atomic E-state index is 9.71. The van der Waals surface area contributed by atoms with Crippen molar-refractivity contribution < 1.29 is 5.11 Å². The molecule has 4 nitrogen and oxygen atoms in total. The van der Waals surface area contributed by atoms with Crippen LogP contribution in [-0.2, 0) is 6.54 Å². The average Bonchev–Trinajstić information content (AvgIpc) is 2.75. The van der Waals surface area contributed by atoms with Crippen molar-refractivity contribution in [2.75, 3.05) is 19.7 Å². The van der Waals surface area contributed by atoms with Gasteiger partial charge in [-0.2, -0.15) is 5.10 Å². The van der Waals surface area contributed by atoms with Crippen molar-refractivity contribution in [1.29, 1.82) is 0 Å². The van der Waals surface area contributed by atoms with Crippen LogP contribution in [0.4, 0.5) is 0 Å². The number of hydrogen-bond donors (Lipinski definition) is 2. The van der Waals surface area contributed by atoms with Crippen molar-refractivity contribution in [2.45, 2.75) is 46.1 Å². The molecular formula is C14H25N3O. The smallest absolute Gasteiger partial charge is 0.0765 e. The third-order valence-corrected chi connectivity index (χ3v) is 4.00. The summed E-state index contributed by atoms with van der Waals surface area (Å²) in [6.45, 7) is 7.57. The molecule has 0 spiro atoms. The van der Waals surface area contributed by atoms with E-state index in [0.29, 0.717) is 6.61 Å². The Balaban J connectivity index is 1.97. The van der Waals surface area contributed by atoms with Crippen LogP contribution in [0.15, 0.2) is 6.07 Å². The maximum absolute atomic E-state index is 9.71. The Morgan fingerprint density at radius 3 is 3.00 bits per heavy atom. The first-order valence-corrected chi connectivity index (χ1v) is 7.01. The second-order valence-corrected chi connectivity index (χ2v) is 5.76. The van der Waals surface area contributed by atoms with Crippen LogP contribution < -0.4 is 0 Å². The Bertz CT molecular complexity index is 373. The SMILES string of the molecule is CCC[C@]1(CO)CCCN(Cc2cc(C)[nH]n2)C1. The number of aromatic amines is 1. The summed E-state index contributed by atoms with van der Waals surface area (Å²) in [5.74, 6) is 0. The van der Waals surface area contributed by atoms with Gasteiger partial charge < -0.3 is 5.11 Å². The molecule has 1 aromatic rings. The molecule has 2 heterocycles. The van der Waals surface area contributed by atoms with Crippen LogP contribution in [0.3, 0.4) is 0 Å². The fourth-order valence-corrected chi connectivity index (χ4v) is 3.17. The van der Waals surface area contributed by atoms with Crippen molar-refractivity contribution >= 4 is 0 Å². The van der Waals surface area contributed by atoms with Crippen LogP contribution in [0.2, 0.25) is 0 Å². The fraction of sp³-hybridized carbons (Fsp3) is 0.786. The van der Waals surface area contributed by atoms with E-state index in [1.165, 1.54) is 6.42 Å². The molecule has 0 unspecified atom stereocenters. The molecule has 0 aromatic carbocycles. The first-order chi connectivity index (χ1) is 8.67. The summed E-state index contributed by atoms with van der Waals surface area (Å²) in [5.41, 5.74) is 2.35. The molecule has 2 N–H and O–H groups in total. The first kappa shape index (κ1) is 13.6. The summed E-state index contributed by atoms with van der Waals surface area (Å²) in [7, 11) is 0. The zero-order valence-electron chi connectivity index (χ0n) is 11.6. The third kappa shape index (κ3) is 3.12. The maximum Gasteiger partial charge on any atom is 0.0765 e. The lowest BCUT2D eigenvalue weighted by molar-refractivity contribution is 0.0211. The lowest BCUT2D eigenvalue weighted by atomic mass is 9.77. The number of hydrogen-bond acceptors (Lipinski definition) is 3. The van der Waals surface area contributed by atoms with Gasteiger partial charge in [-0.05, 0) is 38.8 Å². The van der Waals surface area contributed by atoms with Gasteiger partial charge in [-0.3, -0.25) is 10.00 Å². The summed E-state index contributed by atoms with van der Waals surface area (Å²) < 4.78 is 0. The normalized spacial score (nSPS) is 25.5. The Morgan fingerprint density at radius 1 is 1.56 bits per heavy atom. The van der Waals surface area contributed by atoms with E-state index in [-0.39, 0.29) is 5.41 Å². The number of likely N-dealkylation sites (tertiary alicyclic amines) is 1. The van der Waals surface area contributed by atoms with Gasteiger partial charge in [-0.25, -0.2) is 0 Å². The summed E-state index contributed by atoms with van der Waals surface area (Å²) in [5, 5.41) is 17.0. The van der Waals surface area contributed by atoms with Crippen LogP contribution in [-0.4, -0.2) is 39.9 Å². The van der Waals surface area contributed by atoms with E-state index in [2.05, 4.69) is 28.1 Å².